The summed E-state index contributed by atoms with van der Waals surface area (Å²) >= 11 is 0. The molecule has 0 bridgehead atoms. The number of imide groups is 1. The minimum Gasteiger partial charge on any atom is -0.744 e. The first kappa shape index (κ1) is 50.9. The van der Waals surface area contributed by atoms with Gasteiger partial charge in [-0.2, -0.15) is 29.8 Å². The Morgan fingerprint density at radius 3 is 1.86 bits per heavy atom. The number of nitrogens with one attached hydrogen (secondary N) is 1. The largest absolute Gasteiger partial charge is 0.744 e. The van der Waals surface area contributed by atoms with Crippen molar-refractivity contribution in [3.63, 3.8) is 0 Å². The van der Waals surface area contributed by atoms with E-state index in [1.165, 1.54) is 12.1 Å². The SMILES string of the molecule is C[N+]1=C(/C=C/C=C/C=C2\N(CCCCCC(=O)NCCN3C(=O)C=CC3=O)c3ccc4c(S(=O)(=O)O)cc(S(=O)(=O)O)cc4c3C2(C)C)C(C)(C)c2c1ccc1c(S(=O)(=O)[O-])cc(S(=O)(=O)O)cc21. The Balaban J connectivity index is 1.19. The summed E-state index contributed by atoms with van der Waals surface area (Å²) in [6, 6.07) is 9.76. The van der Waals surface area contributed by atoms with Crippen molar-refractivity contribution in [1.82, 2.24) is 10.2 Å². The summed E-state index contributed by atoms with van der Waals surface area (Å²) < 4.78 is 143. The quantitative estimate of drug-likeness (QED) is 0.0376. The minimum absolute atomic E-state index is 0.0125. The topological polar surface area (TPSA) is 293 Å². The molecule has 0 radical (unpaired) electrons. The zero-order chi connectivity index (χ0) is 50.8. The zero-order valence-corrected chi connectivity index (χ0v) is 41.1. The highest BCUT2D eigenvalue weighted by Crippen LogP contribution is 2.52. The third kappa shape index (κ3) is 9.82. The molecule has 0 spiro atoms. The van der Waals surface area contributed by atoms with Crippen molar-refractivity contribution >= 4 is 96.8 Å². The number of rotatable bonds is 16. The lowest BCUT2D eigenvalue weighted by Crippen LogP contribution is -2.38. The predicted molar refractivity (Wildman–Crippen MR) is 253 cm³/mol. The summed E-state index contributed by atoms with van der Waals surface area (Å²) in [5, 5.41) is 3.02. The number of unbranched alkanes of at least 4 members (excludes halogenated alkanes) is 2. The number of carbonyl (C=O) groups is 3. The van der Waals surface area contributed by atoms with Gasteiger partial charge in [-0.3, -0.25) is 32.9 Å². The van der Waals surface area contributed by atoms with Crippen molar-refractivity contribution in [3.8, 4) is 0 Å². The molecule has 0 unspecified atom stereocenters. The number of nitrogens with zero attached hydrogens (tertiary/aromatic N) is 3. The van der Waals surface area contributed by atoms with Crippen LogP contribution in [0.4, 0.5) is 11.4 Å². The van der Waals surface area contributed by atoms with E-state index in [-0.39, 0.29) is 47.0 Å². The van der Waals surface area contributed by atoms with Gasteiger partial charge in [0.2, 0.25) is 11.6 Å². The maximum absolute atomic E-state index is 12.6. The van der Waals surface area contributed by atoms with E-state index in [2.05, 4.69) is 5.32 Å². The molecule has 3 amide bonds. The van der Waals surface area contributed by atoms with Crippen molar-refractivity contribution < 1.29 is 70.8 Å². The van der Waals surface area contributed by atoms with E-state index < -0.39 is 82.7 Å². The van der Waals surface area contributed by atoms with Gasteiger partial charge in [0.05, 0.1) is 20.1 Å². The van der Waals surface area contributed by atoms with Crippen LogP contribution in [0, 0.1) is 0 Å². The maximum atomic E-state index is 12.6. The van der Waals surface area contributed by atoms with Gasteiger partial charge in [-0.05, 0) is 85.5 Å². The average molecular weight is 1030 g/mol. The van der Waals surface area contributed by atoms with E-state index >= 15 is 0 Å². The third-order valence-electron chi connectivity index (χ3n) is 12.6. The van der Waals surface area contributed by atoms with Gasteiger partial charge in [0.25, 0.3) is 42.2 Å². The molecule has 0 atom stereocenters. The summed E-state index contributed by atoms with van der Waals surface area (Å²) in [5.74, 6) is -1.16. The highest BCUT2D eigenvalue weighted by molar-refractivity contribution is 7.87. The Morgan fingerprint density at radius 2 is 1.26 bits per heavy atom. The van der Waals surface area contributed by atoms with Gasteiger partial charge in [-0.25, -0.2) is 8.42 Å². The molecule has 0 fully saturated rings. The lowest BCUT2D eigenvalue weighted by Gasteiger charge is -2.27. The van der Waals surface area contributed by atoms with Crippen LogP contribution >= 0.6 is 0 Å². The second-order valence-corrected chi connectivity index (χ2v) is 23.4. The van der Waals surface area contributed by atoms with E-state index in [0.29, 0.717) is 71.9 Å². The molecule has 0 saturated carbocycles. The van der Waals surface area contributed by atoms with Crippen LogP contribution in [-0.2, 0) is 65.7 Å². The zero-order valence-electron chi connectivity index (χ0n) is 37.8. The van der Waals surface area contributed by atoms with Crippen LogP contribution in [0.5, 0.6) is 0 Å². The molecule has 3 aliphatic rings. The van der Waals surface area contributed by atoms with Gasteiger partial charge < -0.3 is 14.8 Å². The predicted octanol–water partition coefficient (Wildman–Crippen LogP) is 5.04. The molecule has 23 heteroatoms. The number of carbonyl (C=O) groups excluding carboxylic acids is 3. The van der Waals surface area contributed by atoms with Crippen LogP contribution in [-0.4, -0.2) is 111 Å². The smallest absolute Gasteiger partial charge is 0.295 e. The van der Waals surface area contributed by atoms with Crippen molar-refractivity contribution in [3.05, 3.63) is 108 Å². The van der Waals surface area contributed by atoms with Crippen LogP contribution in [0.25, 0.3) is 21.5 Å². The third-order valence-corrected chi connectivity index (χ3v) is 16.1. The van der Waals surface area contributed by atoms with Gasteiger partial charge in [0.1, 0.15) is 22.1 Å². The Hall–Kier alpha value is -5.92. The van der Waals surface area contributed by atoms with Crippen LogP contribution < -0.4 is 10.2 Å². The van der Waals surface area contributed by atoms with Gasteiger partial charge in [0.15, 0.2) is 5.71 Å². The van der Waals surface area contributed by atoms with E-state index in [9.17, 15) is 66.3 Å². The van der Waals surface area contributed by atoms with Crippen LogP contribution in [0.3, 0.4) is 0 Å². The molecule has 69 heavy (non-hydrogen) atoms. The molecule has 4 aromatic carbocycles. The lowest BCUT2D eigenvalue weighted by atomic mass is 9.79. The monoisotopic (exact) mass is 1020 g/mol. The summed E-state index contributed by atoms with van der Waals surface area (Å²) in [5.41, 5.74) is 1.72. The molecule has 0 aliphatic carbocycles. The number of amides is 3. The molecule has 3 aliphatic heterocycles. The van der Waals surface area contributed by atoms with Crippen LogP contribution in [0.1, 0.15) is 64.5 Å². The molecule has 19 nitrogen and oxygen atoms in total. The molecule has 0 aromatic heterocycles. The first-order chi connectivity index (χ1) is 32.0. The summed E-state index contributed by atoms with van der Waals surface area (Å²) in [6.07, 6.45) is 13.0. The molecule has 3 heterocycles. The number of allylic oxidation sites excluding steroid dienone is 6. The second kappa shape index (κ2) is 18.1. The Kier molecular flexibility index (Phi) is 13.4. The first-order valence-electron chi connectivity index (χ1n) is 21.3. The fourth-order valence-electron chi connectivity index (χ4n) is 9.53. The number of fused-ring (bicyclic) bond motifs is 6. The standard InChI is InChI=1S/C46H48N4O15S4/c1-45(2)38(48(5)34-17-15-30-32(43(34)45)24-28(66(54,55)56)26-36(30)68(60,61)62)12-8-6-9-13-39-46(3,4)44-33-25-29(67(57,58)59)27-37(69(63,64)65)31(33)16-18-35(44)49(39)22-11-7-10-14-40(51)47-21-23-50-41(52)19-20-42(50)53/h6,8-9,12-13,15-20,24-27H,7,10-11,14,21-23H2,1-5H3,(H4-,47,51,54,55,56,57,58,59,60,61,62,63,64,65). The molecule has 4 N–H and O–H groups in total. The Bertz CT molecular complexity index is 3520. The van der Waals surface area contributed by atoms with E-state index in [1.807, 2.05) is 43.2 Å². The Morgan fingerprint density at radius 1 is 0.681 bits per heavy atom. The lowest BCUT2D eigenvalue weighted by molar-refractivity contribution is -0.401. The number of hydrogen-bond acceptors (Lipinski definition) is 13. The molecule has 366 valence electrons. The molecule has 7 rings (SSSR count). The minimum atomic E-state index is -5.18. The fourth-order valence-corrected chi connectivity index (χ4v) is 12.2. The van der Waals surface area contributed by atoms with E-state index in [1.54, 1.807) is 43.5 Å². The normalized spacial score (nSPS) is 17.7. The van der Waals surface area contributed by atoms with Gasteiger partial charge >= 0.3 is 0 Å². The van der Waals surface area contributed by atoms with E-state index in [0.717, 1.165) is 29.2 Å². The average Bonchev–Trinajstić information content (AvgIpc) is 3.75. The summed E-state index contributed by atoms with van der Waals surface area (Å²) in [4.78, 5) is 36.2. The highest BCUT2D eigenvalue weighted by atomic mass is 32.2. The molecular formula is C46H48N4O15S4. The molecular weight excluding hydrogens is 977 g/mol. The fraction of sp³-hybridized carbons (Fsp3) is 0.304. The van der Waals surface area contributed by atoms with Gasteiger partial charge in [0, 0.05) is 83.5 Å². The second-order valence-electron chi connectivity index (χ2n) is 17.8. The van der Waals surface area contributed by atoms with Crippen molar-refractivity contribution in [2.24, 2.45) is 0 Å². The van der Waals surface area contributed by atoms with Crippen LogP contribution in [0.2, 0.25) is 0 Å². The maximum Gasteiger partial charge on any atom is 0.295 e. The summed E-state index contributed by atoms with van der Waals surface area (Å²) in [6.45, 7) is 7.88. The number of anilines is 1. The Labute approximate surface area is 399 Å². The number of benzene rings is 4. The first-order valence-corrected chi connectivity index (χ1v) is 27.0. The van der Waals surface area contributed by atoms with Gasteiger partial charge in [-0.15, -0.1) is 0 Å². The molecule has 0 saturated heterocycles. The van der Waals surface area contributed by atoms with Crippen LogP contribution in [0.15, 0.2) is 116 Å². The highest BCUT2D eigenvalue weighted by Gasteiger charge is 2.45. The van der Waals surface area contributed by atoms with E-state index in [4.69, 9.17) is 0 Å². The van der Waals surface area contributed by atoms with Crippen molar-refractivity contribution in [2.75, 3.05) is 31.6 Å². The number of hydrogen-bond donors (Lipinski definition) is 4. The molecule has 4 aromatic rings. The van der Waals surface area contributed by atoms with Crippen molar-refractivity contribution in [1.29, 1.82) is 0 Å². The van der Waals surface area contributed by atoms with Gasteiger partial charge in [-0.1, -0.05) is 44.6 Å². The van der Waals surface area contributed by atoms with Crippen molar-refractivity contribution in [2.45, 2.75) is 83.8 Å². The summed E-state index contributed by atoms with van der Waals surface area (Å²) in [7, 11) is -18.3.